The molecule has 2 aromatic carbocycles. The molecule has 3 rings (SSSR count). The molecule has 0 fully saturated rings. The van der Waals surface area contributed by atoms with Gasteiger partial charge in [0.15, 0.2) is 10.9 Å². The van der Waals surface area contributed by atoms with E-state index in [1.165, 1.54) is 18.3 Å². The van der Waals surface area contributed by atoms with Crippen molar-refractivity contribution in [1.82, 2.24) is 4.98 Å². The number of carbonyl (C=O) groups is 2. The Morgan fingerprint density at radius 2 is 1.91 bits per heavy atom. The number of hydrogen-bond donors (Lipinski definition) is 1. The fraction of sp³-hybridized carbons (Fsp3) is 0.118. The number of nitrogens with one attached hydrogen (secondary N) is 1. The van der Waals surface area contributed by atoms with Gasteiger partial charge in [0.1, 0.15) is 5.69 Å². The van der Waals surface area contributed by atoms with Crippen LogP contribution in [0, 0.1) is 0 Å². The number of anilines is 1. The molecule has 3 aromatic rings. The zero-order valence-corrected chi connectivity index (χ0v) is 12.8. The zero-order chi connectivity index (χ0) is 15.5. The summed E-state index contributed by atoms with van der Waals surface area (Å²) in [5, 5.41) is 7.09. The summed E-state index contributed by atoms with van der Waals surface area (Å²) in [7, 11) is 0. The van der Waals surface area contributed by atoms with E-state index in [-0.39, 0.29) is 18.1 Å². The maximum atomic E-state index is 12.1. The average Bonchev–Trinajstić information content (AvgIpc) is 2.95. The molecule has 0 aliphatic rings. The van der Waals surface area contributed by atoms with Crippen LogP contribution in [0.15, 0.2) is 47.8 Å². The molecule has 0 bridgehead atoms. The van der Waals surface area contributed by atoms with Crippen LogP contribution in [-0.4, -0.2) is 16.7 Å². The summed E-state index contributed by atoms with van der Waals surface area (Å²) in [6, 6.07) is 14.0. The first-order valence-electron chi connectivity index (χ1n) is 6.86. The Morgan fingerprint density at radius 3 is 2.64 bits per heavy atom. The fourth-order valence-electron chi connectivity index (χ4n) is 2.19. The quantitative estimate of drug-likeness (QED) is 0.748. The Balaban J connectivity index is 1.70. The van der Waals surface area contributed by atoms with Crippen LogP contribution in [0.25, 0.3) is 10.8 Å². The number of Topliss-reactive ketones (excluding diaryl/α,β-unsaturated/α-hetero) is 1. The predicted octanol–water partition coefficient (Wildman–Crippen LogP) is 3.68. The molecule has 0 saturated heterocycles. The van der Waals surface area contributed by atoms with Gasteiger partial charge in [0.2, 0.25) is 5.91 Å². The van der Waals surface area contributed by atoms with Gasteiger partial charge >= 0.3 is 0 Å². The Morgan fingerprint density at radius 1 is 1.14 bits per heavy atom. The third kappa shape index (κ3) is 3.20. The lowest BCUT2D eigenvalue weighted by atomic mass is 10.1. The van der Waals surface area contributed by atoms with Crippen molar-refractivity contribution in [2.24, 2.45) is 0 Å². The van der Waals surface area contributed by atoms with Gasteiger partial charge in [-0.25, -0.2) is 4.98 Å². The van der Waals surface area contributed by atoms with Crippen LogP contribution < -0.4 is 5.32 Å². The third-order valence-corrected chi connectivity index (χ3v) is 4.05. The molecule has 0 aliphatic carbocycles. The second kappa shape index (κ2) is 6.07. The minimum atomic E-state index is -0.139. The maximum Gasteiger partial charge on any atom is 0.230 e. The molecule has 1 aromatic heterocycles. The van der Waals surface area contributed by atoms with E-state index >= 15 is 0 Å². The zero-order valence-electron chi connectivity index (χ0n) is 12.0. The minimum Gasteiger partial charge on any atom is -0.302 e. The number of benzene rings is 2. The van der Waals surface area contributed by atoms with E-state index in [0.29, 0.717) is 10.8 Å². The van der Waals surface area contributed by atoms with Crippen molar-refractivity contribution in [3.63, 3.8) is 0 Å². The van der Waals surface area contributed by atoms with Crippen LogP contribution in [0.1, 0.15) is 23.0 Å². The lowest BCUT2D eigenvalue weighted by Gasteiger charge is -2.04. The Hall–Kier alpha value is -2.53. The van der Waals surface area contributed by atoms with Crippen molar-refractivity contribution in [3.8, 4) is 0 Å². The van der Waals surface area contributed by atoms with Crippen molar-refractivity contribution < 1.29 is 9.59 Å². The molecule has 1 amide bonds. The second-order valence-corrected chi connectivity index (χ2v) is 5.86. The van der Waals surface area contributed by atoms with Crippen LogP contribution in [-0.2, 0) is 11.2 Å². The number of fused-ring (bicyclic) bond motifs is 1. The monoisotopic (exact) mass is 310 g/mol. The summed E-state index contributed by atoms with van der Waals surface area (Å²) < 4.78 is 0. The van der Waals surface area contributed by atoms with Crippen LogP contribution in [0.5, 0.6) is 0 Å². The van der Waals surface area contributed by atoms with E-state index in [9.17, 15) is 9.59 Å². The molecule has 0 aliphatic heterocycles. The summed E-state index contributed by atoms with van der Waals surface area (Å²) in [5.74, 6) is -0.244. The van der Waals surface area contributed by atoms with E-state index in [2.05, 4.69) is 10.3 Å². The molecular formula is C17H14N2O2S. The number of ketones is 1. The first-order valence-corrected chi connectivity index (χ1v) is 7.74. The summed E-state index contributed by atoms with van der Waals surface area (Å²) in [6.45, 7) is 1.45. The highest BCUT2D eigenvalue weighted by molar-refractivity contribution is 7.14. The Bertz CT molecular complexity index is 854. The first kappa shape index (κ1) is 14.4. The van der Waals surface area contributed by atoms with Gasteiger partial charge in [0.05, 0.1) is 6.42 Å². The number of carbonyl (C=O) groups excluding carboxylic acids is 2. The largest absolute Gasteiger partial charge is 0.302 e. The lowest BCUT2D eigenvalue weighted by Crippen LogP contribution is -2.14. The van der Waals surface area contributed by atoms with E-state index in [1.807, 2.05) is 42.5 Å². The molecule has 0 atom stereocenters. The normalized spacial score (nSPS) is 10.6. The van der Waals surface area contributed by atoms with Crippen molar-refractivity contribution in [2.75, 3.05) is 5.32 Å². The van der Waals surface area contributed by atoms with Crippen LogP contribution in [0.4, 0.5) is 5.13 Å². The Labute approximate surface area is 131 Å². The standard InChI is InChI=1S/C17H14N2O2S/c1-11(20)15-10-22-17(18-15)19-16(21)9-12-6-7-13-4-2-3-5-14(13)8-12/h2-8,10H,9H2,1H3,(H,18,19,21). The summed E-state index contributed by atoms with van der Waals surface area (Å²) >= 11 is 1.26. The molecule has 0 unspecified atom stereocenters. The van der Waals surface area contributed by atoms with E-state index in [4.69, 9.17) is 0 Å². The van der Waals surface area contributed by atoms with Gasteiger partial charge in [-0.1, -0.05) is 42.5 Å². The molecule has 0 saturated carbocycles. The molecule has 22 heavy (non-hydrogen) atoms. The molecular weight excluding hydrogens is 296 g/mol. The molecule has 1 N–H and O–H groups in total. The van der Waals surface area contributed by atoms with E-state index in [1.54, 1.807) is 5.38 Å². The van der Waals surface area contributed by atoms with Crippen molar-refractivity contribution in [1.29, 1.82) is 0 Å². The van der Waals surface area contributed by atoms with Gasteiger partial charge in [0, 0.05) is 12.3 Å². The van der Waals surface area contributed by atoms with Crippen LogP contribution in [0.2, 0.25) is 0 Å². The molecule has 0 spiro atoms. The first-order chi connectivity index (χ1) is 10.6. The molecule has 5 heteroatoms. The summed E-state index contributed by atoms with van der Waals surface area (Å²) in [6.07, 6.45) is 0.278. The SMILES string of the molecule is CC(=O)c1csc(NC(=O)Cc2ccc3ccccc3c2)n1. The summed E-state index contributed by atoms with van der Waals surface area (Å²) in [4.78, 5) is 27.3. The topological polar surface area (TPSA) is 59.1 Å². The smallest absolute Gasteiger partial charge is 0.230 e. The van der Waals surface area contributed by atoms with Crippen LogP contribution in [0.3, 0.4) is 0 Å². The number of aromatic nitrogens is 1. The number of thiazole rings is 1. The van der Waals surface area contributed by atoms with Crippen molar-refractivity contribution >= 4 is 38.9 Å². The van der Waals surface area contributed by atoms with Crippen LogP contribution >= 0.6 is 11.3 Å². The predicted molar refractivity (Wildman–Crippen MR) is 88.4 cm³/mol. The fourth-order valence-corrected chi connectivity index (χ4v) is 2.96. The highest BCUT2D eigenvalue weighted by Gasteiger charge is 2.10. The third-order valence-electron chi connectivity index (χ3n) is 3.29. The van der Waals surface area contributed by atoms with Crippen molar-refractivity contribution in [2.45, 2.75) is 13.3 Å². The number of rotatable bonds is 4. The molecule has 0 radical (unpaired) electrons. The number of amides is 1. The second-order valence-electron chi connectivity index (χ2n) is 5.00. The molecule has 1 heterocycles. The summed E-state index contributed by atoms with van der Waals surface area (Å²) in [5.41, 5.74) is 1.32. The number of nitrogens with zero attached hydrogens (tertiary/aromatic N) is 1. The lowest BCUT2D eigenvalue weighted by molar-refractivity contribution is -0.115. The minimum absolute atomic E-state index is 0.105. The highest BCUT2D eigenvalue weighted by atomic mass is 32.1. The molecule has 110 valence electrons. The molecule has 4 nitrogen and oxygen atoms in total. The van der Waals surface area contributed by atoms with Crippen molar-refractivity contribution in [3.05, 3.63) is 59.1 Å². The van der Waals surface area contributed by atoms with Gasteiger partial charge < -0.3 is 5.32 Å². The van der Waals surface area contributed by atoms with E-state index < -0.39 is 0 Å². The van der Waals surface area contributed by atoms with Gasteiger partial charge in [-0.2, -0.15) is 0 Å². The van der Waals surface area contributed by atoms with Gasteiger partial charge in [-0.05, 0) is 16.3 Å². The maximum absolute atomic E-state index is 12.1. The number of hydrogen-bond acceptors (Lipinski definition) is 4. The average molecular weight is 310 g/mol. The van der Waals surface area contributed by atoms with Gasteiger partial charge in [0.25, 0.3) is 0 Å². The highest BCUT2D eigenvalue weighted by Crippen LogP contribution is 2.18. The Kier molecular flexibility index (Phi) is 3.98. The van der Waals surface area contributed by atoms with Gasteiger partial charge in [-0.15, -0.1) is 11.3 Å². The van der Waals surface area contributed by atoms with Gasteiger partial charge in [-0.3, -0.25) is 9.59 Å². The van der Waals surface area contributed by atoms with E-state index in [0.717, 1.165) is 16.3 Å².